The zero-order chi connectivity index (χ0) is 26.0. The lowest BCUT2D eigenvalue weighted by Crippen LogP contribution is -2.30. The molecule has 1 aliphatic heterocycles. The molecule has 0 radical (unpaired) electrons. The van der Waals surface area contributed by atoms with Crippen molar-refractivity contribution in [3.05, 3.63) is 119 Å². The summed E-state index contributed by atoms with van der Waals surface area (Å²) in [6.45, 7) is 2.64. The van der Waals surface area contributed by atoms with Crippen LogP contribution in [0.2, 0.25) is 0 Å². The van der Waals surface area contributed by atoms with Gasteiger partial charge in [-0.15, -0.1) is 0 Å². The van der Waals surface area contributed by atoms with Crippen LogP contribution in [0.25, 0.3) is 0 Å². The van der Waals surface area contributed by atoms with E-state index in [4.69, 9.17) is 0 Å². The predicted octanol–water partition coefficient (Wildman–Crippen LogP) is 5.97. The van der Waals surface area contributed by atoms with Crippen LogP contribution in [-0.2, 0) is 23.0 Å². The van der Waals surface area contributed by atoms with Crippen molar-refractivity contribution in [2.24, 2.45) is 0 Å². The highest BCUT2D eigenvalue weighted by atomic mass is 32.2. The van der Waals surface area contributed by atoms with Gasteiger partial charge in [-0.1, -0.05) is 59.8 Å². The molecule has 1 aliphatic rings. The molecule has 1 amide bonds. The number of amides is 1. The molecule has 0 fully saturated rings. The van der Waals surface area contributed by atoms with Gasteiger partial charge in [-0.3, -0.25) is 9.10 Å². The molecule has 0 spiro atoms. The molecule has 188 valence electrons. The lowest BCUT2D eigenvalue weighted by atomic mass is 10.1. The maximum atomic E-state index is 13.6. The van der Waals surface area contributed by atoms with Crippen molar-refractivity contribution < 1.29 is 17.6 Å². The van der Waals surface area contributed by atoms with Gasteiger partial charge in [0.05, 0.1) is 16.1 Å². The first-order chi connectivity index (χ1) is 17.8. The summed E-state index contributed by atoms with van der Waals surface area (Å²) in [5.74, 6) is -0.739. The summed E-state index contributed by atoms with van der Waals surface area (Å²) in [7, 11) is -3.88. The molecule has 0 aromatic heterocycles. The number of aryl methyl sites for hydroxylation is 1. The molecule has 1 N–H and O–H groups in total. The number of hydrogen-bond acceptors (Lipinski definition) is 4. The number of sulfonamides is 1. The number of nitrogens with zero attached hydrogens (tertiary/aromatic N) is 1. The number of fused-ring (bicyclic) bond motifs is 1. The average Bonchev–Trinajstić information content (AvgIpc) is 3.35. The summed E-state index contributed by atoms with van der Waals surface area (Å²) in [4.78, 5) is 14.7. The highest BCUT2D eigenvalue weighted by Crippen LogP contribution is 2.36. The Morgan fingerprint density at radius 3 is 2.46 bits per heavy atom. The summed E-state index contributed by atoms with van der Waals surface area (Å²) in [5, 5.41) is 2.91. The number of nitrogens with one attached hydrogen (secondary N) is 1. The Labute approximate surface area is 220 Å². The Morgan fingerprint density at radius 1 is 0.973 bits per heavy atom. The third kappa shape index (κ3) is 5.40. The Kier molecular flexibility index (Phi) is 7.04. The van der Waals surface area contributed by atoms with Crippen LogP contribution in [0.4, 0.5) is 10.1 Å². The molecular formula is C29H25FN2O3S2. The van der Waals surface area contributed by atoms with Gasteiger partial charge < -0.3 is 5.32 Å². The zero-order valence-electron chi connectivity index (χ0n) is 20.1. The standard InChI is InChI=1S/C29H25FN2O3S2/c1-20-6-8-21(9-7-20)19-31-29(33)26-18-25(14-15-28(26)36-24-12-10-23(30)11-13-24)37(34,35)32-17-16-22-4-2-3-5-27(22)32/h2-15,18H,16-17,19H2,1H3,(H,31,33). The van der Waals surface area contributed by atoms with Crippen LogP contribution in [0, 0.1) is 12.7 Å². The van der Waals surface area contributed by atoms with Gasteiger partial charge in [0.25, 0.3) is 15.9 Å². The number of carbonyl (C=O) groups is 1. The maximum absolute atomic E-state index is 13.6. The van der Waals surface area contributed by atoms with Gasteiger partial charge in [-0.2, -0.15) is 0 Å². The van der Waals surface area contributed by atoms with Crippen LogP contribution in [-0.4, -0.2) is 20.9 Å². The van der Waals surface area contributed by atoms with E-state index < -0.39 is 10.0 Å². The van der Waals surface area contributed by atoms with Gasteiger partial charge in [0.1, 0.15) is 5.82 Å². The summed E-state index contributed by atoms with van der Waals surface area (Å²) in [5.41, 5.74) is 3.94. The van der Waals surface area contributed by atoms with Crippen molar-refractivity contribution in [2.45, 2.75) is 34.6 Å². The molecule has 0 saturated carbocycles. The average molecular weight is 533 g/mol. The molecule has 0 unspecified atom stereocenters. The summed E-state index contributed by atoms with van der Waals surface area (Å²) < 4.78 is 42.1. The molecule has 8 heteroatoms. The molecule has 0 atom stereocenters. The van der Waals surface area contributed by atoms with Gasteiger partial charge in [-0.25, -0.2) is 12.8 Å². The van der Waals surface area contributed by atoms with E-state index in [-0.39, 0.29) is 22.2 Å². The van der Waals surface area contributed by atoms with Crippen LogP contribution >= 0.6 is 11.8 Å². The van der Waals surface area contributed by atoms with E-state index in [0.717, 1.165) is 21.6 Å². The Hall–Kier alpha value is -3.62. The Bertz CT molecular complexity index is 1550. The lowest BCUT2D eigenvalue weighted by Gasteiger charge is -2.20. The molecular weight excluding hydrogens is 507 g/mol. The number of carbonyl (C=O) groups excluding carboxylic acids is 1. The van der Waals surface area contributed by atoms with Crippen LogP contribution in [0.5, 0.6) is 0 Å². The lowest BCUT2D eigenvalue weighted by molar-refractivity contribution is 0.0947. The van der Waals surface area contributed by atoms with Gasteiger partial charge in [0, 0.05) is 22.9 Å². The molecule has 4 aromatic rings. The normalized spacial score (nSPS) is 12.9. The number of anilines is 1. The molecule has 37 heavy (non-hydrogen) atoms. The van der Waals surface area contributed by atoms with Crippen molar-refractivity contribution in [1.29, 1.82) is 0 Å². The molecule has 4 aromatic carbocycles. The second kappa shape index (κ2) is 10.4. The smallest absolute Gasteiger partial charge is 0.264 e. The topological polar surface area (TPSA) is 66.5 Å². The van der Waals surface area contributed by atoms with Crippen molar-refractivity contribution in [3.63, 3.8) is 0 Å². The van der Waals surface area contributed by atoms with Crippen LogP contribution in [0.3, 0.4) is 0 Å². The molecule has 0 aliphatic carbocycles. The minimum atomic E-state index is -3.88. The van der Waals surface area contributed by atoms with E-state index in [1.54, 1.807) is 24.3 Å². The molecule has 1 heterocycles. The molecule has 0 saturated heterocycles. The number of benzene rings is 4. The fraction of sp³-hybridized carbons (Fsp3) is 0.138. The summed E-state index contributed by atoms with van der Waals surface area (Å²) >= 11 is 1.28. The second-order valence-electron chi connectivity index (χ2n) is 8.84. The van der Waals surface area contributed by atoms with E-state index in [1.165, 1.54) is 40.3 Å². The first-order valence-electron chi connectivity index (χ1n) is 11.8. The highest BCUT2D eigenvalue weighted by Gasteiger charge is 2.31. The fourth-order valence-electron chi connectivity index (χ4n) is 4.23. The number of rotatable bonds is 7. The maximum Gasteiger partial charge on any atom is 0.264 e. The van der Waals surface area contributed by atoms with Gasteiger partial charge in [-0.05, 0) is 73.0 Å². The van der Waals surface area contributed by atoms with Gasteiger partial charge >= 0.3 is 0 Å². The number of para-hydroxylation sites is 1. The molecule has 0 bridgehead atoms. The van der Waals surface area contributed by atoms with E-state index in [0.29, 0.717) is 30.1 Å². The van der Waals surface area contributed by atoms with Crippen LogP contribution in [0.15, 0.2) is 106 Å². The third-order valence-corrected chi connectivity index (χ3v) is 9.14. The highest BCUT2D eigenvalue weighted by molar-refractivity contribution is 7.99. The first-order valence-corrected chi connectivity index (χ1v) is 14.1. The molecule has 5 rings (SSSR count). The van der Waals surface area contributed by atoms with Crippen molar-refractivity contribution in [3.8, 4) is 0 Å². The van der Waals surface area contributed by atoms with E-state index in [1.807, 2.05) is 49.4 Å². The fourth-order valence-corrected chi connectivity index (χ4v) is 6.69. The zero-order valence-corrected chi connectivity index (χ0v) is 21.8. The first kappa shape index (κ1) is 25.0. The van der Waals surface area contributed by atoms with Crippen molar-refractivity contribution >= 4 is 33.4 Å². The summed E-state index contributed by atoms with van der Waals surface area (Å²) in [6.07, 6.45) is 0.637. The minimum Gasteiger partial charge on any atom is -0.348 e. The van der Waals surface area contributed by atoms with Crippen molar-refractivity contribution in [1.82, 2.24) is 5.32 Å². The second-order valence-corrected chi connectivity index (χ2v) is 11.8. The quantitative estimate of drug-likeness (QED) is 0.319. The Morgan fingerprint density at radius 2 is 1.70 bits per heavy atom. The third-order valence-electron chi connectivity index (χ3n) is 6.24. The SMILES string of the molecule is Cc1ccc(CNC(=O)c2cc(S(=O)(=O)N3CCc4ccccc43)ccc2Sc2ccc(F)cc2)cc1. The van der Waals surface area contributed by atoms with Gasteiger partial charge in [0.2, 0.25) is 0 Å². The predicted molar refractivity (Wildman–Crippen MR) is 144 cm³/mol. The van der Waals surface area contributed by atoms with E-state index >= 15 is 0 Å². The van der Waals surface area contributed by atoms with Crippen LogP contribution in [0.1, 0.15) is 27.0 Å². The van der Waals surface area contributed by atoms with Crippen LogP contribution < -0.4 is 9.62 Å². The van der Waals surface area contributed by atoms with E-state index in [2.05, 4.69) is 5.32 Å². The van der Waals surface area contributed by atoms with Crippen molar-refractivity contribution in [2.75, 3.05) is 10.8 Å². The minimum absolute atomic E-state index is 0.0492. The Balaban J connectivity index is 1.48. The summed E-state index contributed by atoms with van der Waals surface area (Å²) in [6, 6.07) is 25.8. The largest absolute Gasteiger partial charge is 0.348 e. The van der Waals surface area contributed by atoms with E-state index in [9.17, 15) is 17.6 Å². The number of halogens is 1. The monoisotopic (exact) mass is 532 g/mol. The number of hydrogen-bond donors (Lipinski definition) is 1. The van der Waals surface area contributed by atoms with Gasteiger partial charge in [0.15, 0.2) is 0 Å². The molecule has 5 nitrogen and oxygen atoms in total.